The second kappa shape index (κ2) is 5.29. The van der Waals surface area contributed by atoms with Gasteiger partial charge in [-0.15, -0.1) is 0 Å². The lowest BCUT2D eigenvalue weighted by Gasteiger charge is -2.05. The highest BCUT2D eigenvalue weighted by molar-refractivity contribution is 5.93. The largest absolute Gasteiger partial charge is 0.501 e. The van der Waals surface area contributed by atoms with Crippen molar-refractivity contribution in [1.29, 1.82) is 0 Å². The Bertz CT molecular complexity index is 440. The lowest BCUT2D eigenvalue weighted by molar-refractivity contribution is 0.0912. The lowest BCUT2D eigenvalue weighted by Crippen LogP contribution is -2.29. The van der Waals surface area contributed by atoms with Crippen LogP contribution in [-0.4, -0.2) is 29.2 Å². The predicted octanol–water partition coefficient (Wildman–Crippen LogP) is -1.47. The Morgan fingerprint density at radius 3 is 2.81 bits per heavy atom. The van der Waals surface area contributed by atoms with Crippen molar-refractivity contribution in [3.05, 3.63) is 27.8 Å². The first-order valence-corrected chi connectivity index (χ1v) is 4.55. The van der Waals surface area contributed by atoms with E-state index in [-0.39, 0.29) is 18.8 Å². The molecule has 0 radical (unpaired) electrons. The number of rotatable bonds is 4. The number of carbonyl (C=O) groups excluding carboxylic acids is 1. The smallest absolute Gasteiger partial charge is 0.291 e. The third kappa shape index (κ3) is 2.59. The van der Waals surface area contributed by atoms with E-state index in [1.54, 1.807) is 0 Å². The maximum Gasteiger partial charge on any atom is 0.291 e. The molecule has 88 valence electrons. The van der Waals surface area contributed by atoms with Gasteiger partial charge in [0.2, 0.25) is 16.9 Å². The molecule has 1 heterocycles. The highest BCUT2D eigenvalue weighted by Crippen LogP contribution is 2.13. The molecule has 5 N–H and O–H groups in total. The Hall–Kier alpha value is -1.86. The van der Waals surface area contributed by atoms with Gasteiger partial charge in [0.15, 0.2) is 0 Å². The molecule has 0 saturated heterocycles. The van der Waals surface area contributed by atoms with Gasteiger partial charge in [0.25, 0.3) is 5.91 Å². The molecule has 7 heteroatoms. The fourth-order valence-corrected chi connectivity index (χ4v) is 1.03. The van der Waals surface area contributed by atoms with Gasteiger partial charge in [-0.2, -0.15) is 0 Å². The molecule has 0 saturated carbocycles. The first kappa shape index (κ1) is 12.2. The van der Waals surface area contributed by atoms with E-state index in [0.29, 0.717) is 0 Å². The first-order chi connectivity index (χ1) is 7.60. The van der Waals surface area contributed by atoms with Gasteiger partial charge < -0.3 is 25.7 Å². The number of hydrogen-bond acceptors (Lipinski definition) is 6. The Morgan fingerprint density at radius 2 is 2.25 bits per heavy atom. The van der Waals surface area contributed by atoms with E-state index >= 15 is 0 Å². The SMILES string of the molecule is NCCNC(=O)c1oc(CO)cc(=O)c1O. The first-order valence-electron chi connectivity index (χ1n) is 4.55. The van der Waals surface area contributed by atoms with E-state index in [1.165, 1.54) is 0 Å². The molecule has 0 fully saturated rings. The molecule has 1 aromatic rings. The van der Waals surface area contributed by atoms with Crippen molar-refractivity contribution in [1.82, 2.24) is 5.32 Å². The van der Waals surface area contributed by atoms with Crippen molar-refractivity contribution < 1.29 is 19.4 Å². The van der Waals surface area contributed by atoms with E-state index in [1.807, 2.05) is 0 Å². The Labute approximate surface area is 90.5 Å². The molecule has 0 atom stereocenters. The molecule has 0 aliphatic carbocycles. The van der Waals surface area contributed by atoms with Gasteiger partial charge in [-0.1, -0.05) is 0 Å². The number of hydrogen-bond donors (Lipinski definition) is 4. The summed E-state index contributed by atoms with van der Waals surface area (Å²) in [7, 11) is 0. The topological polar surface area (TPSA) is 126 Å². The molecule has 0 spiro atoms. The lowest BCUT2D eigenvalue weighted by atomic mass is 10.3. The van der Waals surface area contributed by atoms with Crippen molar-refractivity contribution in [2.24, 2.45) is 5.73 Å². The minimum atomic E-state index is -0.785. The van der Waals surface area contributed by atoms with Crippen LogP contribution in [0.5, 0.6) is 5.75 Å². The molecular formula is C9H12N2O5. The van der Waals surface area contributed by atoms with Gasteiger partial charge >= 0.3 is 0 Å². The number of amides is 1. The molecule has 1 aromatic heterocycles. The Kier molecular flexibility index (Phi) is 4.03. The third-order valence-electron chi connectivity index (χ3n) is 1.77. The van der Waals surface area contributed by atoms with Gasteiger partial charge in [0.1, 0.15) is 12.4 Å². The van der Waals surface area contributed by atoms with Crippen LogP contribution in [-0.2, 0) is 6.61 Å². The maximum absolute atomic E-state index is 11.4. The van der Waals surface area contributed by atoms with Gasteiger partial charge in [-0.05, 0) is 0 Å². The second-order valence-corrected chi connectivity index (χ2v) is 2.96. The molecule has 0 aliphatic rings. The minimum Gasteiger partial charge on any atom is -0.501 e. The van der Waals surface area contributed by atoms with Gasteiger partial charge in [0, 0.05) is 19.2 Å². The zero-order valence-electron chi connectivity index (χ0n) is 8.40. The zero-order chi connectivity index (χ0) is 12.1. The number of aliphatic hydroxyl groups excluding tert-OH is 1. The molecule has 0 bridgehead atoms. The molecule has 1 amide bonds. The van der Waals surface area contributed by atoms with Crippen molar-refractivity contribution in [2.75, 3.05) is 13.1 Å². The standard InChI is InChI=1S/C9H12N2O5/c10-1-2-11-9(15)8-7(14)6(13)3-5(4-12)16-8/h3,12,14H,1-2,4,10H2,(H,11,15). The molecule has 1 rings (SSSR count). The predicted molar refractivity (Wildman–Crippen MR) is 54.0 cm³/mol. The van der Waals surface area contributed by atoms with Crippen LogP contribution in [0.25, 0.3) is 0 Å². The van der Waals surface area contributed by atoms with E-state index < -0.39 is 29.5 Å². The normalized spacial score (nSPS) is 10.1. The summed E-state index contributed by atoms with van der Waals surface area (Å²) >= 11 is 0. The van der Waals surface area contributed by atoms with E-state index in [4.69, 9.17) is 15.3 Å². The average Bonchev–Trinajstić information content (AvgIpc) is 2.29. The summed E-state index contributed by atoms with van der Waals surface area (Å²) in [6.07, 6.45) is 0. The fraction of sp³-hybridized carbons (Fsp3) is 0.333. The third-order valence-corrected chi connectivity index (χ3v) is 1.77. The van der Waals surface area contributed by atoms with Crippen molar-refractivity contribution in [3.8, 4) is 5.75 Å². The van der Waals surface area contributed by atoms with E-state index in [2.05, 4.69) is 5.32 Å². The summed E-state index contributed by atoms with van der Waals surface area (Å²) in [5.74, 6) is -2.16. The average molecular weight is 228 g/mol. The number of carbonyl (C=O) groups is 1. The molecule has 7 nitrogen and oxygen atoms in total. The summed E-state index contributed by atoms with van der Waals surface area (Å²) in [5, 5.41) is 20.4. The van der Waals surface area contributed by atoms with Crippen LogP contribution >= 0.6 is 0 Å². The van der Waals surface area contributed by atoms with Gasteiger partial charge in [-0.25, -0.2) is 0 Å². The number of aliphatic hydroxyl groups is 1. The van der Waals surface area contributed by atoms with E-state index in [0.717, 1.165) is 6.07 Å². The fourth-order valence-electron chi connectivity index (χ4n) is 1.03. The zero-order valence-corrected chi connectivity index (χ0v) is 8.40. The number of nitrogens with two attached hydrogens (primary N) is 1. The Morgan fingerprint density at radius 1 is 1.56 bits per heavy atom. The quantitative estimate of drug-likeness (QED) is 0.498. The van der Waals surface area contributed by atoms with Crippen molar-refractivity contribution in [3.63, 3.8) is 0 Å². The van der Waals surface area contributed by atoms with Crippen LogP contribution in [0.3, 0.4) is 0 Å². The van der Waals surface area contributed by atoms with Crippen molar-refractivity contribution in [2.45, 2.75) is 6.61 Å². The number of aromatic hydroxyl groups is 1. The monoisotopic (exact) mass is 228 g/mol. The number of nitrogens with one attached hydrogen (secondary N) is 1. The Balaban J connectivity index is 3.07. The van der Waals surface area contributed by atoms with Crippen LogP contribution < -0.4 is 16.5 Å². The minimum absolute atomic E-state index is 0.0966. The second-order valence-electron chi connectivity index (χ2n) is 2.96. The summed E-state index contributed by atoms with van der Waals surface area (Å²) < 4.78 is 4.84. The van der Waals surface area contributed by atoms with Crippen LogP contribution in [0.2, 0.25) is 0 Å². The maximum atomic E-state index is 11.4. The van der Waals surface area contributed by atoms with Gasteiger partial charge in [-0.3, -0.25) is 9.59 Å². The summed E-state index contributed by atoms with van der Waals surface area (Å²) in [6.45, 7) is -0.131. The highest BCUT2D eigenvalue weighted by Gasteiger charge is 2.17. The van der Waals surface area contributed by atoms with Crippen LogP contribution in [0.4, 0.5) is 0 Å². The van der Waals surface area contributed by atoms with Gasteiger partial charge in [0.05, 0.1) is 0 Å². The molecule has 16 heavy (non-hydrogen) atoms. The molecule has 0 unspecified atom stereocenters. The van der Waals surface area contributed by atoms with E-state index in [9.17, 15) is 14.7 Å². The summed E-state index contributed by atoms with van der Waals surface area (Å²) in [6, 6.07) is 0.912. The van der Waals surface area contributed by atoms with Crippen LogP contribution in [0.1, 0.15) is 16.3 Å². The van der Waals surface area contributed by atoms with Crippen LogP contribution in [0, 0.1) is 0 Å². The molecular weight excluding hydrogens is 216 g/mol. The summed E-state index contributed by atoms with van der Waals surface area (Å²) in [5.41, 5.74) is 4.39. The highest BCUT2D eigenvalue weighted by atomic mass is 16.4. The van der Waals surface area contributed by atoms with Crippen LogP contribution in [0.15, 0.2) is 15.3 Å². The summed E-state index contributed by atoms with van der Waals surface area (Å²) in [4.78, 5) is 22.6. The molecule has 0 aromatic carbocycles. The van der Waals surface area contributed by atoms with Crippen molar-refractivity contribution >= 4 is 5.91 Å². The molecule has 0 aliphatic heterocycles.